The topological polar surface area (TPSA) is 9.86 Å². The Morgan fingerprint density at radius 2 is 0.696 bits per heavy atom. The van der Waals surface area contributed by atoms with Gasteiger partial charge >= 0.3 is 0 Å². The highest BCUT2D eigenvalue weighted by Crippen LogP contribution is 2.46. The number of para-hydroxylation sites is 2. The molecule has 0 aliphatic carbocycles. The molecule has 0 atom stereocenters. The molecule has 46 heavy (non-hydrogen) atoms. The van der Waals surface area contributed by atoms with Crippen LogP contribution in [-0.4, -0.2) is 9.13 Å². The van der Waals surface area contributed by atoms with Crippen LogP contribution in [0.2, 0.25) is 0 Å². The molecule has 0 bridgehead atoms. The fraction of sp³-hybridized carbons (Fsp3) is 0. The van der Waals surface area contributed by atoms with Crippen LogP contribution in [0.5, 0.6) is 0 Å². The molecule has 0 aliphatic rings. The second kappa shape index (κ2) is 9.07. The summed E-state index contributed by atoms with van der Waals surface area (Å²) >= 11 is 3.79. The summed E-state index contributed by atoms with van der Waals surface area (Å²) in [4.78, 5) is 0. The third-order valence-corrected chi connectivity index (χ3v) is 12.1. The molecule has 0 N–H and O–H groups in total. The molecule has 11 rings (SSSR count). The van der Waals surface area contributed by atoms with Crippen molar-refractivity contribution in [3.8, 4) is 11.4 Å². The van der Waals surface area contributed by atoms with E-state index in [9.17, 15) is 0 Å². The maximum absolute atomic E-state index is 2.55. The van der Waals surface area contributed by atoms with Crippen LogP contribution in [0.25, 0.3) is 95.3 Å². The molecule has 0 aliphatic heterocycles. The lowest BCUT2D eigenvalue weighted by Gasteiger charge is -2.14. The fourth-order valence-electron chi connectivity index (χ4n) is 7.82. The molecular formula is C42H24N2S2. The molecule has 4 aromatic heterocycles. The summed E-state index contributed by atoms with van der Waals surface area (Å²) < 4.78 is 10.4. The smallest absolute Gasteiger partial charge is 0.0789 e. The zero-order valence-corrected chi connectivity index (χ0v) is 26.2. The molecule has 0 saturated heterocycles. The van der Waals surface area contributed by atoms with Gasteiger partial charge < -0.3 is 9.13 Å². The van der Waals surface area contributed by atoms with Crippen molar-refractivity contribution in [2.75, 3.05) is 0 Å². The van der Waals surface area contributed by atoms with Gasteiger partial charge in [-0.05, 0) is 36.4 Å². The van der Waals surface area contributed by atoms with Crippen molar-refractivity contribution >= 4 is 107 Å². The Morgan fingerprint density at radius 1 is 0.304 bits per heavy atom. The van der Waals surface area contributed by atoms with Crippen molar-refractivity contribution in [2.45, 2.75) is 0 Å². The van der Waals surface area contributed by atoms with Crippen molar-refractivity contribution in [2.24, 2.45) is 0 Å². The Hall–Kier alpha value is -5.42. The first-order valence-corrected chi connectivity index (χ1v) is 17.2. The summed E-state index contributed by atoms with van der Waals surface area (Å²) in [5.74, 6) is 0. The number of fused-ring (bicyclic) bond motifs is 13. The summed E-state index contributed by atoms with van der Waals surface area (Å²) in [6.07, 6.45) is 0. The second-order valence-electron chi connectivity index (χ2n) is 12.1. The van der Waals surface area contributed by atoms with E-state index in [2.05, 4.69) is 155 Å². The van der Waals surface area contributed by atoms with E-state index in [-0.39, 0.29) is 0 Å². The minimum absolute atomic E-state index is 1.23. The Bertz CT molecular complexity index is 2830. The number of hydrogen-bond donors (Lipinski definition) is 0. The van der Waals surface area contributed by atoms with E-state index in [1.54, 1.807) is 0 Å². The van der Waals surface area contributed by atoms with Gasteiger partial charge in [0.05, 0.1) is 42.8 Å². The Morgan fingerprint density at radius 3 is 1.17 bits per heavy atom. The van der Waals surface area contributed by atoms with Gasteiger partial charge in [0.15, 0.2) is 0 Å². The van der Waals surface area contributed by atoms with Crippen LogP contribution in [0, 0.1) is 0 Å². The van der Waals surface area contributed by atoms with E-state index >= 15 is 0 Å². The molecule has 214 valence electrons. The van der Waals surface area contributed by atoms with Crippen LogP contribution < -0.4 is 0 Å². The number of aromatic nitrogens is 2. The van der Waals surface area contributed by atoms with Crippen LogP contribution in [0.3, 0.4) is 0 Å². The number of nitrogens with zero attached hydrogens (tertiary/aromatic N) is 2. The fourth-order valence-corrected chi connectivity index (χ4v) is 10.2. The van der Waals surface area contributed by atoms with E-state index in [1.165, 1.54) is 95.3 Å². The van der Waals surface area contributed by atoms with Gasteiger partial charge in [-0.3, -0.25) is 0 Å². The molecule has 0 amide bonds. The van der Waals surface area contributed by atoms with Crippen molar-refractivity contribution in [3.05, 3.63) is 146 Å². The van der Waals surface area contributed by atoms with Gasteiger partial charge in [-0.2, -0.15) is 0 Å². The van der Waals surface area contributed by atoms with Crippen molar-refractivity contribution in [1.82, 2.24) is 9.13 Å². The normalized spacial score (nSPS) is 12.3. The van der Waals surface area contributed by atoms with Crippen molar-refractivity contribution in [1.29, 1.82) is 0 Å². The van der Waals surface area contributed by atoms with Crippen LogP contribution in [0.4, 0.5) is 0 Å². The molecule has 7 aromatic carbocycles. The van der Waals surface area contributed by atoms with Crippen LogP contribution in [0.15, 0.2) is 146 Å². The third-order valence-electron chi connectivity index (χ3n) is 9.72. The summed E-state index contributed by atoms with van der Waals surface area (Å²) in [5, 5.41) is 10.4. The van der Waals surface area contributed by atoms with Crippen LogP contribution in [0.1, 0.15) is 0 Å². The molecule has 0 fully saturated rings. The summed E-state index contributed by atoms with van der Waals surface area (Å²) in [6, 6.07) is 53.7. The quantitative estimate of drug-likeness (QED) is 0.182. The van der Waals surface area contributed by atoms with E-state index in [0.29, 0.717) is 0 Å². The lowest BCUT2D eigenvalue weighted by atomic mass is 10.1. The zero-order valence-electron chi connectivity index (χ0n) is 24.6. The van der Waals surface area contributed by atoms with E-state index in [0.717, 1.165) is 0 Å². The number of rotatable bonds is 2. The van der Waals surface area contributed by atoms with E-state index < -0.39 is 0 Å². The highest BCUT2D eigenvalue weighted by atomic mass is 32.1. The lowest BCUT2D eigenvalue weighted by Crippen LogP contribution is -1.99. The number of thiophene rings is 2. The van der Waals surface area contributed by atoms with Gasteiger partial charge in [-0.25, -0.2) is 0 Å². The zero-order chi connectivity index (χ0) is 29.9. The molecule has 2 nitrogen and oxygen atoms in total. The van der Waals surface area contributed by atoms with Gasteiger partial charge in [-0.1, -0.05) is 109 Å². The van der Waals surface area contributed by atoms with E-state index in [4.69, 9.17) is 0 Å². The lowest BCUT2D eigenvalue weighted by molar-refractivity contribution is 1.17. The Labute approximate surface area is 271 Å². The maximum atomic E-state index is 2.55. The molecule has 0 unspecified atom stereocenters. The van der Waals surface area contributed by atoms with Gasteiger partial charge in [0.25, 0.3) is 0 Å². The molecule has 0 saturated carbocycles. The maximum Gasteiger partial charge on any atom is 0.0789 e. The van der Waals surface area contributed by atoms with Crippen LogP contribution >= 0.6 is 22.7 Å². The molecule has 0 spiro atoms. The first kappa shape index (κ1) is 24.8. The SMILES string of the molecule is c1ccc2c(c1)sc1c(-n3c4ccccc4c4ccc5c6ccccc6n(-c6cccc7c6sc6ccccc67)c5c43)cccc12. The third kappa shape index (κ3) is 3.15. The molecular weight excluding hydrogens is 597 g/mol. The van der Waals surface area contributed by atoms with Gasteiger partial charge in [0.1, 0.15) is 0 Å². The summed E-state index contributed by atoms with van der Waals surface area (Å²) in [5.41, 5.74) is 7.41. The average Bonchev–Trinajstić information content (AvgIpc) is 3.86. The minimum atomic E-state index is 1.23. The summed E-state index contributed by atoms with van der Waals surface area (Å²) in [6.45, 7) is 0. The monoisotopic (exact) mass is 620 g/mol. The molecule has 4 heterocycles. The molecule has 11 aromatic rings. The molecule has 4 heteroatoms. The second-order valence-corrected chi connectivity index (χ2v) is 14.2. The predicted molar refractivity (Wildman–Crippen MR) is 201 cm³/mol. The average molecular weight is 621 g/mol. The minimum Gasteiger partial charge on any atom is -0.306 e. The van der Waals surface area contributed by atoms with Gasteiger partial charge in [0, 0.05) is 52.5 Å². The molecule has 0 radical (unpaired) electrons. The first-order chi connectivity index (χ1) is 22.8. The highest BCUT2D eigenvalue weighted by Gasteiger charge is 2.23. The largest absolute Gasteiger partial charge is 0.306 e. The van der Waals surface area contributed by atoms with E-state index in [1.807, 2.05) is 22.7 Å². The highest BCUT2D eigenvalue weighted by molar-refractivity contribution is 7.26. The van der Waals surface area contributed by atoms with Gasteiger partial charge in [0.2, 0.25) is 0 Å². The van der Waals surface area contributed by atoms with Crippen molar-refractivity contribution < 1.29 is 0 Å². The first-order valence-electron chi connectivity index (χ1n) is 15.6. The summed E-state index contributed by atoms with van der Waals surface area (Å²) in [7, 11) is 0. The van der Waals surface area contributed by atoms with Crippen molar-refractivity contribution in [3.63, 3.8) is 0 Å². The Kier molecular flexibility index (Phi) is 4.90. The van der Waals surface area contributed by atoms with Gasteiger partial charge in [-0.15, -0.1) is 22.7 Å². The predicted octanol–water partition coefficient (Wildman–Crippen LogP) is 12.6. The number of hydrogen-bond acceptors (Lipinski definition) is 2. The standard InChI is InChI=1S/C42H24N2S2/c1-5-17-33-25(11-1)29-23-24-30-26-12-2-6-18-34(26)44(36-20-10-16-32-28-14-4-8-22-38(28)46-42(32)36)40(30)39(29)43(33)35-19-9-15-31-27-13-3-7-21-37(27)45-41(31)35/h1-24H. The number of benzene rings is 7. The van der Waals surface area contributed by atoms with Crippen LogP contribution in [-0.2, 0) is 0 Å². The Balaban J connectivity index is 1.39.